The molecule has 9 nitrogen and oxygen atoms in total. The largest absolute Gasteiger partial charge is 0.345 e. The highest BCUT2D eigenvalue weighted by Gasteiger charge is 2.26. The molecular formula is C22H19F2N7O2S. The van der Waals surface area contributed by atoms with Gasteiger partial charge in [-0.2, -0.15) is 0 Å². The Morgan fingerprint density at radius 1 is 1.26 bits per heavy atom. The van der Waals surface area contributed by atoms with Crippen molar-refractivity contribution in [1.29, 1.82) is 10.8 Å². The van der Waals surface area contributed by atoms with Gasteiger partial charge in [-0.05, 0) is 30.7 Å². The van der Waals surface area contributed by atoms with Gasteiger partial charge in [0, 0.05) is 24.1 Å². The Kier molecular flexibility index (Phi) is 6.50. The first-order valence-corrected chi connectivity index (χ1v) is 11.5. The summed E-state index contributed by atoms with van der Waals surface area (Å²) in [7, 11) is -1.59. The molecule has 1 aliphatic rings. The van der Waals surface area contributed by atoms with Crippen molar-refractivity contribution in [1.82, 2.24) is 15.0 Å². The maximum atomic E-state index is 15.1. The van der Waals surface area contributed by atoms with E-state index in [0.29, 0.717) is 12.1 Å². The Hall–Kier alpha value is -3.93. The van der Waals surface area contributed by atoms with Crippen molar-refractivity contribution in [2.75, 3.05) is 10.5 Å². The maximum Gasteiger partial charge on any atom is 0.201 e. The number of aromatic amines is 1. The third kappa shape index (κ3) is 4.44. The van der Waals surface area contributed by atoms with Crippen LogP contribution in [-0.2, 0) is 11.0 Å². The zero-order valence-electron chi connectivity index (χ0n) is 17.9. The third-order valence-electron chi connectivity index (χ3n) is 5.00. The van der Waals surface area contributed by atoms with Crippen LogP contribution < -0.4 is 4.72 Å². The lowest BCUT2D eigenvalue weighted by Crippen LogP contribution is -2.18. The van der Waals surface area contributed by atoms with Crippen molar-refractivity contribution in [2.24, 2.45) is 4.99 Å². The van der Waals surface area contributed by atoms with Gasteiger partial charge in [0.15, 0.2) is 11.6 Å². The lowest BCUT2D eigenvalue weighted by Gasteiger charge is -2.11. The van der Waals surface area contributed by atoms with E-state index in [0.717, 1.165) is 12.1 Å². The number of hydrogen-bond acceptors (Lipinski definition) is 7. The zero-order valence-corrected chi connectivity index (χ0v) is 18.7. The zero-order chi connectivity index (χ0) is 24.4. The molecule has 1 atom stereocenters. The summed E-state index contributed by atoms with van der Waals surface area (Å²) in [5.41, 5.74) is -0.338. The van der Waals surface area contributed by atoms with Crippen LogP contribution in [0.1, 0.15) is 35.7 Å². The van der Waals surface area contributed by atoms with Crippen LogP contribution in [0.2, 0.25) is 0 Å². The summed E-state index contributed by atoms with van der Waals surface area (Å²) in [4.78, 5) is 28.6. The second-order valence-electron chi connectivity index (χ2n) is 7.39. The van der Waals surface area contributed by atoms with Gasteiger partial charge in [0.25, 0.3) is 0 Å². The summed E-state index contributed by atoms with van der Waals surface area (Å²) in [6.07, 6.45) is 6.17. The first-order chi connectivity index (χ1) is 16.3. The quantitative estimate of drug-likeness (QED) is 0.376. The van der Waals surface area contributed by atoms with E-state index in [4.69, 9.17) is 10.8 Å². The van der Waals surface area contributed by atoms with Crippen LogP contribution in [0.15, 0.2) is 41.8 Å². The minimum Gasteiger partial charge on any atom is -0.345 e. The number of allylic oxidation sites excluding steroid dienone is 2. The molecular weight excluding hydrogens is 464 g/mol. The SMILES string of the molecule is CCCS(=O)Nc1ccc(F)c(C(=O)c2c[nH]c3ncnc(N=C4C=CC(=N)C(=N)C4)c23)c1F. The number of aliphatic imine (C=N–C) groups is 1. The van der Waals surface area contributed by atoms with E-state index >= 15 is 4.39 Å². The summed E-state index contributed by atoms with van der Waals surface area (Å²) in [5, 5.41) is 15.6. The summed E-state index contributed by atoms with van der Waals surface area (Å²) >= 11 is 0. The fourth-order valence-electron chi connectivity index (χ4n) is 3.37. The van der Waals surface area contributed by atoms with Gasteiger partial charge in [-0.15, -0.1) is 0 Å². The molecule has 1 aromatic carbocycles. The minimum absolute atomic E-state index is 0.0728. The molecule has 1 unspecified atom stereocenters. The number of hydrogen-bond donors (Lipinski definition) is 4. The molecule has 4 rings (SSSR count). The maximum absolute atomic E-state index is 15.1. The van der Waals surface area contributed by atoms with Gasteiger partial charge in [0.05, 0.1) is 33.6 Å². The van der Waals surface area contributed by atoms with Gasteiger partial charge >= 0.3 is 0 Å². The number of benzene rings is 1. The smallest absolute Gasteiger partial charge is 0.201 e. The van der Waals surface area contributed by atoms with E-state index in [1.165, 1.54) is 18.6 Å². The van der Waals surface area contributed by atoms with Gasteiger partial charge in [-0.3, -0.25) is 10.2 Å². The first kappa shape index (κ1) is 23.2. The fourth-order valence-corrected chi connectivity index (χ4v) is 4.25. The number of H-pyrrole nitrogens is 1. The molecule has 2 heterocycles. The fraction of sp³-hybridized carbons (Fsp3) is 0.182. The predicted molar refractivity (Wildman–Crippen MR) is 127 cm³/mol. The Morgan fingerprint density at radius 3 is 2.79 bits per heavy atom. The number of ketones is 1. The molecule has 1 aliphatic carbocycles. The average Bonchev–Trinajstić information content (AvgIpc) is 3.24. The standard InChI is InChI=1S/C22H19F2N7O2S/c1-2-7-34(33)31-16-6-4-13(23)18(19(16)24)20(32)12-9-27-21-17(12)22(29-10-28-21)30-11-3-5-14(25)15(26)8-11/h3-6,9-10,25-26,31H,2,7-8H2,1H3,(H,27,28,29). The first-order valence-electron chi connectivity index (χ1n) is 10.2. The van der Waals surface area contributed by atoms with Crippen molar-refractivity contribution in [3.8, 4) is 0 Å². The summed E-state index contributed by atoms with van der Waals surface area (Å²) < 4.78 is 44.2. The van der Waals surface area contributed by atoms with Crippen LogP contribution in [0.25, 0.3) is 11.0 Å². The third-order valence-corrected chi connectivity index (χ3v) is 6.23. The van der Waals surface area contributed by atoms with Gasteiger partial charge < -0.3 is 15.1 Å². The molecule has 0 fully saturated rings. The highest BCUT2D eigenvalue weighted by atomic mass is 32.2. The van der Waals surface area contributed by atoms with Crippen LogP contribution in [-0.4, -0.2) is 47.8 Å². The number of carbonyl (C=O) groups is 1. The molecule has 12 heteroatoms. The van der Waals surface area contributed by atoms with Gasteiger partial charge in [-0.25, -0.2) is 28.0 Å². The molecule has 0 radical (unpaired) electrons. The van der Waals surface area contributed by atoms with Gasteiger partial charge in [-0.1, -0.05) is 6.92 Å². The van der Waals surface area contributed by atoms with Crippen molar-refractivity contribution < 1.29 is 17.8 Å². The van der Waals surface area contributed by atoms with Crippen molar-refractivity contribution >= 4 is 56.4 Å². The van der Waals surface area contributed by atoms with E-state index in [1.54, 1.807) is 6.08 Å². The van der Waals surface area contributed by atoms with E-state index in [-0.39, 0.29) is 51.7 Å². The molecule has 4 N–H and O–H groups in total. The Labute approximate surface area is 195 Å². The summed E-state index contributed by atoms with van der Waals surface area (Å²) in [6.45, 7) is 1.81. The van der Waals surface area contributed by atoms with E-state index in [2.05, 4.69) is 24.7 Å². The molecule has 3 aromatic rings. The molecule has 0 aliphatic heterocycles. The van der Waals surface area contributed by atoms with E-state index in [1.807, 2.05) is 6.92 Å². The number of anilines is 1. The molecule has 0 saturated carbocycles. The molecule has 34 heavy (non-hydrogen) atoms. The number of aromatic nitrogens is 3. The van der Waals surface area contributed by atoms with Gasteiger partial charge in [0.2, 0.25) is 5.78 Å². The van der Waals surface area contributed by atoms with Crippen molar-refractivity contribution in [3.05, 3.63) is 59.6 Å². The average molecular weight is 484 g/mol. The highest BCUT2D eigenvalue weighted by Crippen LogP contribution is 2.31. The topological polar surface area (TPSA) is 148 Å². The second-order valence-corrected chi connectivity index (χ2v) is 8.70. The highest BCUT2D eigenvalue weighted by molar-refractivity contribution is 7.86. The molecule has 0 saturated heterocycles. The lowest BCUT2D eigenvalue weighted by atomic mass is 10.0. The minimum atomic E-state index is -1.59. The van der Waals surface area contributed by atoms with Crippen LogP contribution in [0, 0.1) is 22.5 Å². The normalized spacial score (nSPS) is 15.8. The number of fused-ring (bicyclic) bond motifs is 1. The molecule has 0 spiro atoms. The number of carbonyl (C=O) groups excluding carboxylic acids is 1. The van der Waals surface area contributed by atoms with Crippen LogP contribution in [0.4, 0.5) is 20.3 Å². The summed E-state index contributed by atoms with van der Waals surface area (Å²) in [5.74, 6) is -2.85. The number of rotatable bonds is 7. The Morgan fingerprint density at radius 2 is 2.06 bits per heavy atom. The number of nitrogens with zero attached hydrogens (tertiary/aromatic N) is 3. The van der Waals surface area contributed by atoms with Crippen LogP contribution in [0.3, 0.4) is 0 Å². The Bertz CT molecular complexity index is 1430. The van der Waals surface area contributed by atoms with Gasteiger partial charge in [0.1, 0.15) is 28.8 Å². The van der Waals surface area contributed by atoms with E-state index in [9.17, 15) is 13.4 Å². The predicted octanol–water partition coefficient (Wildman–Crippen LogP) is 4.02. The lowest BCUT2D eigenvalue weighted by molar-refractivity contribution is 0.103. The molecule has 174 valence electrons. The molecule has 0 bridgehead atoms. The van der Waals surface area contributed by atoms with E-state index < -0.39 is 34.0 Å². The molecule has 0 amide bonds. The van der Waals surface area contributed by atoms with Crippen molar-refractivity contribution in [3.63, 3.8) is 0 Å². The monoisotopic (exact) mass is 483 g/mol. The Balaban J connectivity index is 1.79. The number of nitrogens with one attached hydrogen (secondary N) is 4. The molecule has 2 aromatic heterocycles. The van der Waals surface area contributed by atoms with Crippen LogP contribution in [0.5, 0.6) is 0 Å². The van der Waals surface area contributed by atoms with Crippen molar-refractivity contribution in [2.45, 2.75) is 19.8 Å². The van der Waals surface area contributed by atoms with Crippen LogP contribution >= 0.6 is 0 Å². The number of halogens is 2. The second kappa shape index (κ2) is 9.51. The summed E-state index contributed by atoms with van der Waals surface area (Å²) in [6, 6.07) is 2.02.